The number of aliphatic hydroxyl groups excluding tert-OH is 1. The molecule has 1 heterocycles. The molecule has 4 heteroatoms. The Morgan fingerprint density at radius 1 is 1.75 bits per heavy atom. The fourth-order valence-corrected chi connectivity index (χ4v) is 1.86. The smallest absolute Gasteiger partial charge is 0.0959 e. The fourth-order valence-electron chi connectivity index (χ4n) is 1.86. The molecule has 0 saturated carbocycles. The van der Waals surface area contributed by atoms with Crippen molar-refractivity contribution in [1.82, 2.24) is 4.90 Å². The van der Waals surface area contributed by atoms with Crippen LogP contribution in [-0.2, 0) is 4.74 Å². The Kier molecular flexibility index (Phi) is 3.94. The standard InChI is InChI=1S/C8H18N2O2/c1-12-8(5-9)7-3-2-4-10(7)6-11/h7-8,11H,2-6,9H2,1H3. The molecule has 12 heavy (non-hydrogen) atoms. The van der Waals surface area contributed by atoms with Gasteiger partial charge in [0.25, 0.3) is 0 Å². The number of nitrogens with zero attached hydrogens (tertiary/aromatic N) is 1. The van der Waals surface area contributed by atoms with Gasteiger partial charge in [-0.15, -0.1) is 0 Å². The molecule has 1 aliphatic heterocycles. The Morgan fingerprint density at radius 3 is 3.00 bits per heavy atom. The van der Waals surface area contributed by atoms with Gasteiger partial charge in [0.15, 0.2) is 0 Å². The highest BCUT2D eigenvalue weighted by Gasteiger charge is 2.30. The molecule has 0 spiro atoms. The fraction of sp³-hybridized carbons (Fsp3) is 1.00. The van der Waals surface area contributed by atoms with E-state index in [-0.39, 0.29) is 12.8 Å². The van der Waals surface area contributed by atoms with Gasteiger partial charge in [0.1, 0.15) is 0 Å². The molecule has 0 aliphatic carbocycles. The summed E-state index contributed by atoms with van der Waals surface area (Å²) in [6.07, 6.45) is 2.28. The van der Waals surface area contributed by atoms with Crippen molar-refractivity contribution in [3.05, 3.63) is 0 Å². The molecule has 2 unspecified atom stereocenters. The van der Waals surface area contributed by atoms with Crippen molar-refractivity contribution in [1.29, 1.82) is 0 Å². The molecular weight excluding hydrogens is 156 g/mol. The van der Waals surface area contributed by atoms with Gasteiger partial charge in [0, 0.05) is 26.2 Å². The molecule has 1 rings (SSSR count). The normalized spacial score (nSPS) is 27.8. The van der Waals surface area contributed by atoms with Crippen molar-refractivity contribution < 1.29 is 9.84 Å². The number of methoxy groups -OCH3 is 1. The summed E-state index contributed by atoms with van der Waals surface area (Å²) in [5.41, 5.74) is 5.55. The van der Waals surface area contributed by atoms with Crippen LogP contribution in [-0.4, -0.2) is 49.1 Å². The van der Waals surface area contributed by atoms with Crippen LogP contribution in [0.25, 0.3) is 0 Å². The predicted octanol–water partition coefficient (Wildman–Crippen LogP) is -0.626. The lowest BCUT2D eigenvalue weighted by Gasteiger charge is -2.28. The van der Waals surface area contributed by atoms with Gasteiger partial charge in [0.2, 0.25) is 0 Å². The highest BCUT2D eigenvalue weighted by atomic mass is 16.5. The minimum Gasteiger partial charge on any atom is -0.381 e. The summed E-state index contributed by atoms with van der Waals surface area (Å²) in [4.78, 5) is 2.01. The van der Waals surface area contributed by atoms with E-state index in [0.29, 0.717) is 12.6 Å². The minimum atomic E-state index is 0.0691. The molecule has 3 N–H and O–H groups in total. The van der Waals surface area contributed by atoms with E-state index in [4.69, 9.17) is 15.6 Å². The summed E-state index contributed by atoms with van der Waals surface area (Å²) in [6, 6.07) is 0.310. The molecule has 72 valence electrons. The van der Waals surface area contributed by atoms with Crippen LogP contribution in [0.2, 0.25) is 0 Å². The Labute approximate surface area is 73.3 Å². The molecule has 0 amide bonds. The van der Waals surface area contributed by atoms with E-state index in [1.165, 1.54) is 0 Å². The summed E-state index contributed by atoms with van der Waals surface area (Å²) in [6.45, 7) is 1.60. The number of hydrogen-bond acceptors (Lipinski definition) is 4. The maximum atomic E-state index is 9.01. The highest BCUT2D eigenvalue weighted by molar-refractivity contribution is 4.84. The van der Waals surface area contributed by atoms with Crippen LogP contribution < -0.4 is 5.73 Å². The SMILES string of the molecule is COC(CN)C1CCCN1CO. The van der Waals surface area contributed by atoms with Gasteiger partial charge in [-0.05, 0) is 12.8 Å². The quantitative estimate of drug-likeness (QED) is 0.596. The van der Waals surface area contributed by atoms with Gasteiger partial charge in [-0.25, -0.2) is 0 Å². The lowest BCUT2D eigenvalue weighted by atomic mass is 10.1. The summed E-state index contributed by atoms with van der Waals surface area (Å²) >= 11 is 0. The van der Waals surface area contributed by atoms with Gasteiger partial charge in [-0.2, -0.15) is 0 Å². The molecule has 2 atom stereocenters. The monoisotopic (exact) mass is 174 g/mol. The first-order chi connectivity index (χ1) is 5.83. The molecule has 0 aromatic rings. The molecule has 0 aromatic heterocycles. The second-order valence-electron chi connectivity index (χ2n) is 3.17. The number of hydrogen-bond donors (Lipinski definition) is 2. The second-order valence-corrected chi connectivity index (χ2v) is 3.17. The van der Waals surface area contributed by atoms with Crippen LogP contribution in [0.3, 0.4) is 0 Å². The average Bonchev–Trinajstić information content (AvgIpc) is 2.55. The van der Waals surface area contributed by atoms with Gasteiger partial charge in [0.05, 0.1) is 12.8 Å². The number of rotatable bonds is 4. The van der Waals surface area contributed by atoms with Crippen molar-refractivity contribution in [3.8, 4) is 0 Å². The Balaban J connectivity index is 2.47. The van der Waals surface area contributed by atoms with Crippen LogP contribution in [0.5, 0.6) is 0 Å². The van der Waals surface area contributed by atoms with E-state index >= 15 is 0 Å². The van der Waals surface area contributed by atoms with Crippen molar-refractivity contribution in [2.75, 3.05) is 26.9 Å². The third kappa shape index (κ3) is 1.95. The maximum absolute atomic E-state index is 9.01. The molecule has 4 nitrogen and oxygen atoms in total. The third-order valence-corrected chi connectivity index (χ3v) is 2.56. The number of ether oxygens (including phenoxy) is 1. The molecule has 1 saturated heterocycles. The van der Waals surface area contributed by atoms with Gasteiger partial charge < -0.3 is 15.6 Å². The zero-order valence-electron chi connectivity index (χ0n) is 7.57. The topological polar surface area (TPSA) is 58.7 Å². The summed E-state index contributed by atoms with van der Waals surface area (Å²) < 4.78 is 5.24. The largest absolute Gasteiger partial charge is 0.381 e. The predicted molar refractivity (Wildman–Crippen MR) is 46.7 cm³/mol. The van der Waals surface area contributed by atoms with Gasteiger partial charge in [-0.3, -0.25) is 4.90 Å². The zero-order chi connectivity index (χ0) is 8.97. The summed E-state index contributed by atoms with van der Waals surface area (Å²) in [7, 11) is 1.67. The van der Waals surface area contributed by atoms with Crippen LogP contribution in [0.1, 0.15) is 12.8 Å². The first kappa shape index (κ1) is 9.92. The molecular formula is C8H18N2O2. The van der Waals surface area contributed by atoms with E-state index < -0.39 is 0 Å². The van der Waals surface area contributed by atoms with E-state index in [2.05, 4.69) is 0 Å². The Morgan fingerprint density at radius 2 is 2.50 bits per heavy atom. The second kappa shape index (κ2) is 4.77. The number of nitrogens with two attached hydrogens (primary N) is 1. The van der Waals surface area contributed by atoms with Crippen molar-refractivity contribution in [3.63, 3.8) is 0 Å². The molecule has 0 bridgehead atoms. The number of likely N-dealkylation sites (tertiary alicyclic amines) is 1. The number of aliphatic hydroxyl groups is 1. The van der Waals surface area contributed by atoms with E-state index in [9.17, 15) is 0 Å². The summed E-state index contributed by atoms with van der Waals surface area (Å²) in [5, 5.41) is 9.01. The first-order valence-corrected chi connectivity index (χ1v) is 4.41. The van der Waals surface area contributed by atoms with Crippen LogP contribution in [0.4, 0.5) is 0 Å². The van der Waals surface area contributed by atoms with E-state index in [1.807, 2.05) is 4.90 Å². The average molecular weight is 174 g/mol. The zero-order valence-corrected chi connectivity index (χ0v) is 7.57. The molecule has 0 radical (unpaired) electrons. The van der Waals surface area contributed by atoms with Crippen molar-refractivity contribution in [2.45, 2.75) is 25.0 Å². The Hall–Kier alpha value is -0.160. The van der Waals surface area contributed by atoms with Gasteiger partial charge in [-0.1, -0.05) is 0 Å². The van der Waals surface area contributed by atoms with Crippen LogP contribution >= 0.6 is 0 Å². The lowest BCUT2D eigenvalue weighted by Crippen LogP contribution is -2.44. The van der Waals surface area contributed by atoms with Gasteiger partial charge >= 0.3 is 0 Å². The Bertz CT molecular complexity index is 128. The first-order valence-electron chi connectivity index (χ1n) is 4.41. The van der Waals surface area contributed by atoms with E-state index in [1.54, 1.807) is 7.11 Å². The van der Waals surface area contributed by atoms with Crippen molar-refractivity contribution >= 4 is 0 Å². The third-order valence-electron chi connectivity index (χ3n) is 2.56. The van der Waals surface area contributed by atoms with E-state index in [0.717, 1.165) is 19.4 Å². The maximum Gasteiger partial charge on any atom is 0.0959 e. The lowest BCUT2D eigenvalue weighted by molar-refractivity contribution is 0.00374. The minimum absolute atomic E-state index is 0.0691. The van der Waals surface area contributed by atoms with Crippen molar-refractivity contribution in [2.24, 2.45) is 5.73 Å². The summed E-state index contributed by atoms with van der Waals surface area (Å²) in [5.74, 6) is 0. The molecule has 1 aliphatic rings. The van der Waals surface area contributed by atoms with Crippen LogP contribution in [0.15, 0.2) is 0 Å². The highest BCUT2D eigenvalue weighted by Crippen LogP contribution is 2.20. The molecule has 1 fully saturated rings. The molecule has 0 aromatic carbocycles. The van der Waals surface area contributed by atoms with Crippen LogP contribution in [0, 0.1) is 0 Å².